The van der Waals surface area contributed by atoms with E-state index < -0.39 is 5.92 Å². The molecule has 0 aromatic carbocycles. The van der Waals surface area contributed by atoms with Gasteiger partial charge in [-0.3, -0.25) is 14.6 Å². The number of nitrogens with zero attached hydrogens (tertiary/aromatic N) is 2. The topological polar surface area (TPSA) is 91.2 Å². The number of ketones is 1. The first-order chi connectivity index (χ1) is 13.2. The van der Waals surface area contributed by atoms with Gasteiger partial charge in [-0.05, 0) is 44.2 Å². The van der Waals surface area contributed by atoms with Crippen LogP contribution in [0.5, 0.6) is 0 Å². The van der Waals surface area contributed by atoms with Crippen molar-refractivity contribution in [1.29, 1.82) is 0 Å². The van der Waals surface area contributed by atoms with Gasteiger partial charge in [-0.1, -0.05) is 0 Å². The molecule has 7 nitrogen and oxygen atoms in total. The number of aromatic nitrogens is 2. The molecule has 0 bridgehead atoms. The molecule has 1 unspecified atom stereocenters. The Kier molecular flexibility index (Phi) is 3.88. The Hall–Kier alpha value is -2.83. The molecule has 3 aliphatic rings. The molecule has 0 amide bonds. The van der Waals surface area contributed by atoms with Gasteiger partial charge < -0.3 is 14.6 Å². The summed E-state index contributed by atoms with van der Waals surface area (Å²) < 4.78 is 5.62. The van der Waals surface area contributed by atoms with Gasteiger partial charge in [-0.25, -0.2) is 0 Å². The fraction of sp³-hybridized carbons (Fsp3) is 0.450. The van der Waals surface area contributed by atoms with E-state index in [4.69, 9.17) is 9.40 Å². The van der Waals surface area contributed by atoms with E-state index >= 15 is 0 Å². The first-order valence-electron chi connectivity index (χ1n) is 9.68. The van der Waals surface area contributed by atoms with E-state index in [2.05, 4.69) is 15.2 Å². The normalized spacial score (nSPS) is 22.3. The van der Waals surface area contributed by atoms with Gasteiger partial charge in [0.25, 0.3) is 5.56 Å². The second kappa shape index (κ2) is 6.40. The van der Waals surface area contributed by atoms with Gasteiger partial charge in [-0.2, -0.15) is 4.98 Å². The Morgan fingerprint density at radius 3 is 2.74 bits per heavy atom. The molecule has 2 aliphatic heterocycles. The van der Waals surface area contributed by atoms with Gasteiger partial charge in [-0.15, -0.1) is 0 Å². The maximum Gasteiger partial charge on any atom is 0.258 e. The Balaban J connectivity index is 1.66. The molecule has 2 aromatic rings. The summed E-state index contributed by atoms with van der Waals surface area (Å²) in [5, 5.41) is 3.30. The van der Waals surface area contributed by atoms with Gasteiger partial charge in [0, 0.05) is 30.8 Å². The quantitative estimate of drug-likeness (QED) is 0.849. The third-order valence-electron chi connectivity index (χ3n) is 5.73. The first-order valence-corrected chi connectivity index (χ1v) is 9.68. The molecule has 1 atom stereocenters. The molecule has 1 saturated heterocycles. The minimum atomic E-state index is -0.495. The highest BCUT2D eigenvalue weighted by Gasteiger charge is 2.39. The van der Waals surface area contributed by atoms with Crippen LogP contribution >= 0.6 is 0 Å². The van der Waals surface area contributed by atoms with Crippen LogP contribution in [0.4, 0.5) is 11.8 Å². The van der Waals surface area contributed by atoms with Gasteiger partial charge >= 0.3 is 0 Å². The maximum atomic E-state index is 13.1. The molecule has 0 radical (unpaired) electrons. The summed E-state index contributed by atoms with van der Waals surface area (Å²) in [6.07, 6.45) is 7.10. The summed E-state index contributed by atoms with van der Waals surface area (Å²) in [4.78, 5) is 35.6. The Morgan fingerprint density at radius 1 is 1.11 bits per heavy atom. The van der Waals surface area contributed by atoms with Crippen molar-refractivity contribution in [3.63, 3.8) is 0 Å². The lowest BCUT2D eigenvalue weighted by atomic mass is 9.79. The number of carbonyl (C=O) groups excluding carboxylic acids is 1. The van der Waals surface area contributed by atoms with Gasteiger partial charge in [0.1, 0.15) is 11.6 Å². The van der Waals surface area contributed by atoms with Crippen LogP contribution in [0, 0.1) is 0 Å². The number of furan rings is 1. The van der Waals surface area contributed by atoms with Crippen LogP contribution in [0.2, 0.25) is 0 Å². The predicted octanol–water partition coefficient (Wildman–Crippen LogP) is 2.92. The van der Waals surface area contributed by atoms with Crippen LogP contribution in [0.25, 0.3) is 0 Å². The lowest BCUT2D eigenvalue weighted by molar-refractivity contribution is -0.116. The summed E-state index contributed by atoms with van der Waals surface area (Å²) in [5.41, 5.74) is 1.80. The molecule has 2 N–H and O–H groups in total. The van der Waals surface area contributed by atoms with Crippen molar-refractivity contribution >= 4 is 17.5 Å². The number of piperidine rings is 1. The van der Waals surface area contributed by atoms with Gasteiger partial charge in [0.05, 0.1) is 17.7 Å². The molecule has 0 spiro atoms. The largest absolute Gasteiger partial charge is 0.468 e. The van der Waals surface area contributed by atoms with E-state index in [0.29, 0.717) is 35.1 Å². The number of carbonyl (C=O) groups is 1. The van der Waals surface area contributed by atoms with Crippen molar-refractivity contribution in [1.82, 2.24) is 9.97 Å². The van der Waals surface area contributed by atoms with E-state index in [-0.39, 0.29) is 11.3 Å². The van der Waals surface area contributed by atoms with Crippen LogP contribution < -0.4 is 15.8 Å². The summed E-state index contributed by atoms with van der Waals surface area (Å²) >= 11 is 0. The molecule has 1 fully saturated rings. The molecule has 7 heteroatoms. The number of hydrogen-bond donors (Lipinski definition) is 2. The predicted molar refractivity (Wildman–Crippen MR) is 101 cm³/mol. The molecular weight excluding hydrogens is 344 g/mol. The lowest BCUT2D eigenvalue weighted by Crippen LogP contribution is -2.36. The number of hydrogen-bond acceptors (Lipinski definition) is 6. The number of anilines is 2. The third kappa shape index (κ3) is 2.69. The second-order valence-electron chi connectivity index (χ2n) is 7.44. The lowest BCUT2D eigenvalue weighted by Gasteiger charge is -2.33. The van der Waals surface area contributed by atoms with Gasteiger partial charge in [0.15, 0.2) is 5.78 Å². The first kappa shape index (κ1) is 16.4. The summed E-state index contributed by atoms with van der Waals surface area (Å²) in [6, 6.07) is 3.61. The van der Waals surface area contributed by atoms with E-state index in [1.54, 1.807) is 12.3 Å². The highest BCUT2D eigenvalue weighted by Crippen LogP contribution is 2.43. The van der Waals surface area contributed by atoms with Crippen molar-refractivity contribution in [2.45, 2.75) is 44.4 Å². The molecule has 27 heavy (non-hydrogen) atoms. The Labute approximate surface area is 156 Å². The third-order valence-corrected chi connectivity index (χ3v) is 5.73. The molecule has 1 aliphatic carbocycles. The molecular formula is C20H22N4O3. The summed E-state index contributed by atoms with van der Waals surface area (Å²) in [5.74, 6) is 1.35. The van der Waals surface area contributed by atoms with Crippen molar-refractivity contribution in [3.8, 4) is 0 Å². The van der Waals surface area contributed by atoms with E-state index in [0.717, 1.165) is 44.5 Å². The minimum absolute atomic E-state index is 0.0790. The standard InChI is InChI=1S/C20H22N4O3/c25-13-7-4-6-12-15(13)16(14-8-5-11-27-14)17-18(21-12)22-20(23-19(17)26)24-9-2-1-3-10-24/h5,8,11,16H,1-4,6-7,9-10H2,(H2,21,22,23,26). The monoisotopic (exact) mass is 366 g/mol. The van der Waals surface area contributed by atoms with Crippen molar-refractivity contribution < 1.29 is 9.21 Å². The number of nitrogens with one attached hydrogen (secondary N) is 2. The van der Waals surface area contributed by atoms with E-state index in [1.165, 1.54) is 6.42 Å². The molecule has 140 valence electrons. The SMILES string of the molecule is O=C1CCCC2=C1C(c1ccco1)c1c(nc(N3CCCCC3)[nH]c1=O)N2. The highest BCUT2D eigenvalue weighted by molar-refractivity contribution is 6.00. The zero-order chi connectivity index (χ0) is 18.4. The Morgan fingerprint density at radius 2 is 1.96 bits per heavy atom. The van der Waals surface area contributed by atoms with Crippen molar-refractivity contribution in [3.05, 3.63) is 51.3 Å². The number of fused-ring (bicyclic) bond motifs is 1. The number of aromatic amines is 1. The summed E-state index contributed by atoms with van der Waals surface area (Å²) in [7, 11) is 0. The van der Waals surface area contributed by atoms with Gasteiger partial charge in [0.2, 0.25) is 5.95 Å². The smallest absolute Gasteiger partial charge is 0.258 e. The van der Waals surface area contributed by atoms with Crippen LogP contribution in [0.3, 0.4) is 0 Å². The highest BCUT2D eigenvalue weighted by atomic mass is 16.3. The zero-order valence-corrected chi connectivity index (χ0v) is 15.1. The fourth-order valence-corrected chi connectivity index (χ4v) is 4.44. The number of H-pyrrole nitrogens is 1. The average molecular weight is 366 g/mol. The van der Waals surface area contributed by atoms with E-state index in [9.17, 15) is 9.59 Å². The molecule has 2 aromatic heterocycles. The minimum Gasteiger partial charge on any atom is -0.468 e. The van der Waals surface area contributed by atoms with Crippen LogP contribution in [0.15, 0.2) is 38.9 Å². The van der Waals surface area contributed by atoms with E-state index in [1.807, 2.05) is 6.07 Å². The molecule has 0 saturated carbocycles. The second-order valence-corrected chi connectivity index (χ2v) is 7.44. The fourth-order valence-electron chi connectivity index (χ4n) is 4.44. The molecule has 4 heterocycles. The Bertz CT molecular complexity index is 968. The summed E-state index contributed by atoms with van der Waals surface area (Å²) in [6.45, 7) is 1.80. The van der Waals surface area contributed by atoms with Crippen LogP contribution in [-0.2, 0) is 4.79 Å². The number of allylic oxidation sites excluding steroid dienone is 2. The number of Topliss-reactive ketones (excluding diaryl/α,β-unsaturated/α-hetero) is 1. The van der Waals surface area contributed by atoms with Crippen LogP contribution in [-0.4, -0.2) is 28.8 Å². The van der Waals surface area contributed by atoms with Crippen LogP contribution in [0.1, 0.15) is 55.8 Å². The van der Waals surface area contributed by atoms with Crippen molar-refractivity contribution in [2.24, 2.45) is 0 Å². The zero-order valence-electron chi connectivity index (χ0n) is 15.1. The number of rotatable bonds is 2. The molecule has 5 rings (SSSR count). The maximum absolute atomic E-state index is 13.1. The average Bonchev–Trinajstić information content (AvgIpc) is 3.21. The van der Waals surface area contributed by atoms with Crippen molar-refractivity contribution in [2.75, 3.05) is 23.3 Å².